The number of likely N-dealkylation sites (tertiary alicyclic amines) is 1. The van der Waals surface area contributed by atoms with E-state index >= 15 is 0 Å². The molecule has 1 heterocycles. The van der Waals surface area contributed by atoms with Gasteiger partial charge in [-0.1, -0.05) is 30.3 Å². The molecule has 0 bridgehead atoms. The fraction of sp³-hybridized carbons (Fsp3) is 0.462. The number of ether oxygens (including phenoxy) is 2. The molecule has 1 saturated carbocycles. The second-order valence-corrected chi connectivity index (χ2v) is 8.71. The molecule has 1 aliphatic heterocycles. The fourth-order valence-electron chi connectivity index (χ4n) is 3.93. The number of hydrogen-bond acceptors (Lipinski definition) is 4. The van der Waals surface area contributed by atoms with E-state index in [2.05, 4.69) is 5.32 Å². The molecule has 170 valence electrons. The van der Waals surface area contributed by atoms with Crippen LogP contribution in [0, 0.1) is 11.8 Å². The minimum absolute atomic E-state index is 0.0283. The zero-order chi connectivity index (χ0) is 22.2. The summed E-state index contributed by atoms with van der Waals surface area (Å²) in [5, 5.41) is 3.04. The largest absolute Gasteiger partial charge is 0.493 e. The van der Waals surface area contributed by atoms with Crippen LogP contribution in [-0.4, -0.2) is 43.0 Å². The molecule has 1 saturated heterocycles. The molecule has 2 aromatic rings. The van der Waals surface area contributed by atoms with E-state index in [0.29, 0.717) is 45.6 Å². The van der Waals surface area contributed by atoms with E-state index in [1.807, 2.05) is 59.5 Å². The highest BCUT2D eigenvalue weighted by atomic mass is 16.5. The zero-order valence-electron chi connectivity index (χ0n) is 18.5. The topological polar surface area (TPSA) is 67.9 Å². The van der Waals surface area contributed by atoms with Crippen LogP contribution in [0.1, 0.15) is 37.7 Å². The molecule has 1 aliphatic carbocycles. The summed E-state index contributed by atoms with van der Waals surface area (Å²) in [7, 11) is 0. The molecule has 0 aromatic heterocycles. The molecule has 0 radical (unpaired) electrons. The lowest BCUT2D eigenvalue weighted by Gasteiger charge is -2.31. The van der Waals surface area contributed by atoms with Crippen molar-refractivity contribution in [3.63, 3.8) is 0 Å². The summed E-state index contributed by atoms with van der Waals surface area (Å²) < 4.78 is 11.4. The van der Waals surface area contributed by atoms with Gasteiger partial charge < -0.3 is 19.7 Å². The van der Waals surface area contributed by atoms with Gasteiger partial charge in [-0.05, 0) is 61.4 Å². The summed E-state index contributed by atoms with van der Waals surface area (Å²) in [4.78, 5) is 27.0. The number of carbonyl (C=O) groups excluding carboxylic acids is 2. The Labute approximate surface area is 189 Å². The van der Waals surface area contributed by atoms with Gasteiger partial charge in [0.05, 0.1) is 19.6 Å². The molecule has 2 aliphatic rings. The van der Waals surface area contributed by atoms with Gasteiger partial charge in [0.1, 0.15) is 5.75 Å². The van der Waals surface area contributed by atoms with Crippen molar-refractivity contribution in [1.29, 1.82) is 0 Å². The standard InChI is InChI=1S/C26H32N2O4/c29-25(13-16-32-24-7-2-1-3-8-24)28-14-11-22(12-15-28)26(30)27-23-6-4-5-21(17-23)19-31-18-20-9-10-20/h1-8,17,20,22H,9-16,18-19H2,(H,27,30). The first-order valence-electron chi connectivity index (χ1n) is 11.6. The normalized spacial score (nSPS) is 16.6. The van der Waals surface area contributed by atoms with E-state index in [1.165, 1.54) is 12.8 Å². The van der Waals surface area contributed by atoms with Crippen molar-refractivity contribution in [1.82, 2.24) is 4.90 Å². The summed E-state index contributed by atoms with van der Waals surface area (Å²) in [6.07, 6.45) is 4.27. The second kappa shape index (κ2) is 11.1. The van der Waals surface area contributed by atoms with Crippen LogP contribution in [0.2, 0.25) is 0 Å². The smallest absolute Gasteiger partial charge is 0.227 e. The van der Waals surface area contributed by atoms with Crippen molar-refractivity contribution in [2.75, 3.05) is 31.6 Å². The van der Waals surface area contributed by atoms with Crippen LogP contribution in [-0.2, 0) is 20.9 Å². The maximum atomic E-state index is 12.7. The highest BCUT2D eigenvalue weighted by Crippen LogP contribution is 2.29. The van der Waals surface area contributed by atoms with Crippen LogP contribution in [0.4, 0.5) is 5.69 Å². The maximum absolute atomic E-state index is 12.7. The highest BCUT2D eigenvalue weighted by Gasteiger charge is 2.27. The van der Waals surface area contributed by atoms with Gasteiger partial charge in [-0.3, -0.25) is 9.59 Å². The number of amides is 2. The summed E-state index contributed by atoms with van der Waals surface area (Å²) in [5.74, 6) is 1.55. The molecular weight excluding hydrogens is 404 g/mol. The van der Waals surface area contributed by atoms with Crippen LogP contribution < -0.4 is 10.1 Å². The number of hydrogen-bond donors (Lipinski definition) is 1. The first kappa shape index (κ1) is 22.3. The average molecular weight is 437 g/mol. The van der Waals surface area contributed by atoms with Crippen molar-refractivity contribution in [2.24, 2.45) is 11.8 Å². The number of piperidine rings is 1. The Balaban J connectivity index is 1.16. The number of benzene rings is 2. The molecule has 1 N–H and O–H groups in total. The highest BCUT2D eigenvalue weighted by molar-refractivity contribution is 5.92. The zero-order valence-corrected chi connectivity index (χ0v) is 18.5. The van der Waals surface area contributed by atoms with Crippen molar-refractivity contribution in [2.45, 2.75) is 38.7 Å². The van der Waals surface area contributed by atoms with Crippen LogP contribution in [0.25, 0.3) is 0 Å². The third-order valence-electron chi connectivity index (χ3n) is 6.06. The number of anilines is 1. The number of carbonyl (C=O) groups is 2. The molecule has 6 nitrogen and oxygen atoms in total. The van der Waals surface area contributed by atoms with Gasteiger partial charge in [-0.15, -0.1) is 0 Å². The van der Waals surface area contributed by atoms with E-state index in [9.17, 15) is 9.59 Å². The van der Waals surface area contributed by atoms with E-state index in [4.69, 9.17) is 9.47 Å². The van der Waals surface area contributed by atoms with Crippen molar-refractivity contribution in [3.05, 3.63) is 60.2 Å². The molecule has 4 rings (SSSR count). The van der Waals surface area contributed by atoms with Gasteiger partial charge in [0.2, 0.25) is 11.8 Å². The van der Waals surface area contributed by atoms with Gasteiger partial charge in [-0.2, -0.15) is 0 Å². The Morgan fingerprint density at radius 1 is 0.969 bits per heavy atom. The molecule has 0 unspecified atom stereocenters. The van der Waals surface area contributed by atoms with Gasteiger partial charge in [0.15, 0.2) is 0 Å². The third-order valence-corrected chi connectivity index (χ3v) is 6.06. The van der Waals surface area contributed by atoms with Crippen LogP contribution >= 0.6 is 0 Å². The SMILES string of the molecule is O=C(Nc1cccc(COCC2CC2)c1)C1CCN(C(=O)CCOc2ccccc2)CC1. The van der Waals surface area contributed by atoms with Crippen molar-refractivity contribution >= 4 is 17.5 Å². The van der Waals surface area contributed by atoms with Crippen molar-refractivity contribution in [3.8, 4) is 5.75 Å². The third kappa shape index (κ3) is 6.82. The first-order chi connectivity index (χ1) is 15.7. The predicted molar refractivity (Wildman–Crippen MR) is 123 cm³/mol. The van der Waals surface area contributed by atoms with E-state index in [1.54, 1.807) is 0 Å². The summed E-state index contributed by atoms with van der Waals surface area (Å²) in [6.45, 7) is 2.99. The first-order valence-corrected chi connectivity index (χ1v) is 11.6. The molecule has 6 heteroatoms. The fourth-order valence-corrected chi connectivity index (χ4v) is 3.93. The number of rotatable bonds is 10. The lowest BCUT2D eigenvalue weighted by Crippen LogP contribution is -2.41. The monoisotopic (exact) mass is 436 g/mol. The maximum Gasteiger partial charge on any atom is 0.227 e. The Hall–Kier alpha value is -2.86. The molecule has 2 aromatic carbocycles. The summed E-state index contributed by atoms with van der Waals surface area (Å²) >= 11 is 0. The van der Waals surface area contributed by atoms with Crippen LogP contribution in [0.15, 0.2) is 54.6 Å². The van der Waals surface area contributed by atoms with E-state index in [-0.39, 0.29) is 17.7 Å². The van der Waals surface area contributed by atoms with E-state index in [0.717, 1.165) is 29.5 Å². The Kier molecular flexibility index (Phi) is 7.77. The Morgan fingerprint density at radius 3 is 2.50 bits per heavy atom. The average Bonchev–Trinajstić information content (AvgIpc) is 3.64. The van der Waals surface area contributed by atoms with Gasteiger partial charge >= 0.3 is 0 Å². The van der Waals surface area contributed by atoms with Gasteiger partial charge in [-0.25, -0.2) is 0 Å². The quantitative estimate of drug-likeness (QED) is 0.604. The van der Waals surface area contributed by atoms with Crippen LogP contribution in [0.5, 0.6) is 5.75 Å². The van der Waals surface area contributed by atoms with Gasteiger partial charge in [0.25, 0.3) is 0 Å². The molecular formula is C26H32N2O4. The number of nitrogens with one attached hydrogen (secondary N) is 1. The summed E-state index contributed by atoms with van der Waals surface area (Å²) in [6, 6.07) is 17.4. The lowest BCUT2D eigenvalue weighted by atomic mass is 9.95. The molecule has 32 heavy (non-hydrogen) atoms. The van der Waals surface area contributed by atoms with Crippen molar-refractivity contribution < 1.29 is 19.1 Å². The van der Waals surface area contributed by atoms with E-state index < -0.39 is 0 Å². The van der Waals surface area contributed by atoms with Gasteiger partial charge in [0, 0.05) is 31.3 Å². The molecule has 0 atom stereocenters. The molecule has 2 fully saturated rings. The Bertz CT molecular complexity index is 890. The van der Waals surface area contributed by atoms with Crippen LogP contribution in [0.3, 0.4) is 0 Å². The predicted octanol–water partition coefficient (Wildman–Crippen LogP) is 4.26. The molecule has 0 spiro atoms. The lowest BCUT2D eigenvalue weighted by molar-refractivity contribution is -0.135. The second-order valence-electron chi connectivity index (χ2n) is 8.71. The Morgan fingerprint density at radius 2 is 1.75 bits per heavy atom. The minimum atomic E-state index is -0.0746. The molecule has 2 amide bonds. The summed E-state index contributed by atoms with van der Waals surface area (Å²) in [5.41, 5.74) is 1.88. The number of nitrogens with zero attached hydrogens (tertiary/aromatic N) is 1. The minimum Gasteiger partial charge on any atom is -0.493 e. The number of para-hydroxylation sites is 1.